The highest BCUT2D eigenvalue weighted by molar-refractivity contribution is 7.14. The number of benzene rings is 1. The van der Waals surface area contributed by atoms with Gasteiger partial charge in [0.15, 0.2) is 0 Å². The zero-order chi connectivity index (χ0) is 15.5. The molecule has 0 saturated carbocycles. The average Bonchev–Trinajstić information content (AvgIpc) is 2.90. The van der Waals surface area contributed by atoms with E-state index in [0.717, 1.165) is 21.1 Å². The molecule has 0 aliphatic heterocycles. The van der Waals surface area contributed by atoms with Gasteiger partial charge in [-0.2, -0.15) is 3.96 Å². The molecule has 0 fully saturated rings. The Morgan fingerprint density at radius 2 is 2.14 bits per heavy atom. The molecule has 0 radical (unpaired) electrons. The third kappa shape index (κ3) is 2.58. The van der Waals surface area contributed by atoms with Crippen LogP contribution in [0.2, 0.25) is 0 Å². The van der Waals surface area contributed by atoms with Crippen LogP contribution in [0, 0.1) is 0 Å². The maximum absolute atomic E-state index is 12.2. The number of para-hydroxylation sites is 1. The first-order chi connectivity index (χ1) is 10.7. The number of hydrogen-bond donors (Lipinski definition) is 1. The van der Waals surface area contributed by atoms with Crippen LogP contribution in [-0.2, 0) is 6.54 Å². The standard InChI is InChI=1S/C15H13N3O3S/c1-21-12-7-3-2-5-10(12)9-17-15(20)18-14(19)11-6-4-8-16-13(11)22-18/h2-8H,9H2,1H3,(H,17,20). The van der Waals surface area contributed by atoms with Gasteiger partial charge >= 0.3 is 6.03 Å². The molecule has 0 saturated heterocycles. The van der Waals surface area contributed by atoms with Crippen LogP contribution in [0.4, 0.5) is 4.79 Å². The molecule has 0 unspecified atom stereocenters. The van der Waals surface area contributed by atoms with Gasteiger partial charge in [0.25, 0.3) is 5.56 Å². The summed E-state index contributed by atoms with van der Waals surface area (Å²) in [6.07, 6.45) is 1.59. The predicted octanol–water partition coefficient (Wildman–Crippen LogP) is 2.22. The average molecular weight is 315 g/mol. The lowest BCUT2D eigenvalue weighted by molar-refractivity contribution is 0.243. The van der Waals surface area contributed by atoms with E-state index in [1.807, 2.05) is 24.3 Å². The van der Waals surface area contributed by atoms with Crippen LogP contribution in [0.1, 0.15) is 5.56 Å². The monoisotopic (exact) mass is 315 g/mol. The van der Waals surface area contributed by atoms with Crippen LogP contribution < -0.4 is 15.6 Å². The van der Waals surface area contributed by atoms with Crippen LogP contribution >= 0.6 is 11.5 Å². The van der Waals surface area contributed by atoms with Crippen LogP contribution in [0.25, 0.3) is 10.2 Å². The minimum absolute atomic E-state index is 0.275. The van der Waals surface area contributed by atoms with Crippen molar-refractivity contribution in [3.8, 4) is 5.75 Å². The molecule has 112 valence electrons. The van der Waals surface area contributed by atoms with Crippen molar-refractivity contribution in [1.29, 1.82) is 0 Å². The second-order valence-electron chi connectivity index (χ2n) is 4.52. The molecule has 0 aliphatic carbocycles. The summed E-state index contributed by atoms with van der Waals surface area (Å²) in [6, 6.07) is 10.2. The number of nitrogens with zero attached hydrogens (tertiary/aromatic N) is 2. The van der Waals surface area contributed by atoms with E-state index in [-0.39, 0.29) is 12.1 Å². The van der Waals surface area contributed by atoms with Gasteiger partial charge in [-0.3, -0.25) is 4.79 Å². The summed E-state index contributed by atoms with van der Waals surface area (Å²) in [5.41, 5.74) is 0.483. The van der Waals surface area contributed by atoms with Crippen LogP contribution in [0.3, 0.4) is 0 Å². The maximum atomic E-state index is 12.2. The van der Waals surface area contributed by atoms with E-state index in [9.17, 15) is 9.59 Å². The molecular formula is C15H13N3O3S. The molecule has 22 heavy (non-hydrogen) atoms. The van der Waals surface area contributed by atoms with E-state index in [1.54, 1.807) is 25.4 Å². The van der Waals surface area contributed by atoms with E-state index in [1.165, 1.54) is 0 Å². The van der Waals surface area contributed by atoms with Gasteiger partial charge in [0.1, 0.15) is 10.6 Å². The molecule has 6 nitrogen and oxygen atoms in total. The van der Waals surface area contributed by atoms with Crippen molar-refractivity contribution in [2.45, 2.75) is 6.54 Å². The minimum Gasteiger partial charge on any atom is -0.496 e. The van der Waals surface area contributed by atoms with Gasteiger partial charge in [-0.05, 0) is 29.7 Å². The van der Waals surface area contributed by atoms with Gasteiger partial charge in [-0.25, -0.2) is 9.78 Å². The molecule has 1 N–H and O–H groups in total. The summed E-state index contributed by atoms with van der Waals surface area (Å²) in [7, 11) is 1.57. The highest BCUT2D eigenvalue weighted by Gasteiger charge is 2.14. The highest BCUT2D eigenvalue weighted by Crippen LogP contribution is 2.17. The SMILES string of the molecule is COc1ccccc1CNC(=O)n1sc2ncccc2c1=O. The zero-order valence-electron chi connectivity index (χ0n) is 11.8. The van der Waals surface area contributed by atoms with Crippen molar-refractivity contribution >= 4 is 27.8 Å². The number of nitrogens with one attached hydrogen (secondary N) is 1. The summed E-state index contributed by atoms with van der Waals surface area (Å²) in [4.78, 5) is 29.0. The summed E-state index contributed by atoms with van der Waals surface area (Å²) in [5.74, 6) is 0.688. The number of hydrogen-bond acceptors (Lipinski definition) is 5. The van der Waals surface area contributed by atoms with Crippen molar-refractivity contribution < 1.29 is 9.53 Å². The van der Waals surface area contributed by atoms with Crippen LogP contribution in [-0.4, -0.2) is 22.1 Å². The van der Waals surface area contributed by atoms with Gasteiger partial charge in [0.2, 0.25) is 0 Å². The van der Waals surface area contributed by atoms with Crippen molar-refractivity contribution in [1.82, 2.24) is 14.3 Å². The number of carbonyl (C=O) groups is 1. The second-order valence-corrected chi connectivity index (χ2v) is 5.45. The number of methoxy groups -OCH3 is 1. The van der Waals surface area contributed by atoms with Crippen LogP contribution in [0.5, 0.6) is 5.75 Å². The first kappa shape index (κ1) is 14.3. The first-order valence-corrected chi connectivity index (χ1v) is 7.35. The van der Waals surface area contributed by atoms with Gasteiger partial charge in [-0.15, -0.1) is 0 Å². The number of aromatic nitrogens is 2. The summed E-state index contributed by atoms with van der Waals surface area (Å²) < 4.78 is 6.30. The number of amides is 1. The molecule has 7 heteroatoms. The quantitative estimate of drug-likeness (QED) is 0.804. The normalized spacial score (nSPS) is 10.6. The largest absolute Gasteiger partial charge is 0.496 e. The van der Waals surface area contributed by atoms with Crippen molar-refractivity contribution in [2.24, 2.45) is 0 Å². The minimum atomic E-state index is -0.473. The number of carbonyl (C=O) groups excluding carboxylic acids is 1. The third-order valence-electron chi connectivity index (χ3n) is 3.17. The zero-order valence-corrected chi connectivity index (χ0v) is 12.6. The van der Waals surface area contributed by atoms with Crippen molar-refractivity contribution in [3.05, 3.63) is 58.5 Å². The fourth-order valence-corrected chi connectivity index (χ4v) is 2.95. The lowest BCUT2D eigenvalue weighted by atomic mass is 10.2. The van der Waals surface area contributed by atoms with Crippen molar-refractivity contribution in [3.63, 3.8) is 0 Å². The summed E-state index contributed by atoms with van der Waals surface area (Å²) in [5, 5.41) is 3.16. The molecule has 0 spiro atoms. The first-order valence-electron chi connectivity index (χ1n) is 6.58. The molecule has 0 aliphatic rings. The lowest BCUT2D eigenvalue weighted by Gasteiger charge is -2.08. The van der Waals surface area contributed by atoms with Gasteiger partial charge in [-0.1, -0.05) is 18.2 Å². The highest BCUT2D eigenvalue weighted by atomic mass is 32.1. The summed E-state index contributed by atoms with van der Waals surface area (Å²) >= 11 is 1.03. The fraction of sp³-hybridized carbons (Fsp3) is 0.133. The topological polar surface area (TPSA) is 73.2 Å². The maximum Gasteiger partial charge on any atom is 0.338 e. The number of fused-ring (bicyclic) bond motifs is 1. The Balaban J connectivity index is 1.82. The number of pyridine rings is 1. The van der Waals surface area contributed by atoms with Gasteiger partial charge < -0.3 is 10.1 Å². The fourth-order valence-electron chi connectivity index (χ4n) is 2.09. The molecular weight excluding hydrogens is 302 g/mol. The Hall–Kier alpha value is -2.67. The molecule has 1 aromatic carbocycles. The van der Waals surface area contributed by atoms with Crippen LogP contribution in [0.15, 0.2) is 47.4 Å². The van der Waals surface area contributed by atoms with E-state index in [2.05, 4.69) is 10.3 Å². The lowest BCUT2D eigenvalue weighted by Crippen LogP contribution is -2.32. The van der Waals surface area contributed by atoms with Gasteiger partial charge in [0.05, 0.1) is 12.5 Å². The molecule has 0 bridgehead atoms. The van der Waals surface area contributed by atoms with E-state index >= 15 is 0 Å². The Morgan fingerprint density at radius 1 is 1.32 bits per heavy atom. The molecule has 1 amide bonds. The Bertz CT molecular complexity index is 885. The Kier molecular flexibility index (Phi) is 3.88. The summed E-state index contributed by atoms with van der Waals surface area (Å²) in [6.45, 7) is 0.275. The Morgan fingerprint density at radius 3 is 2.91 bits per heavy atom. The van der Waals surface area contributed by atoms with Crippen molar-refractivity contribution in [2.75, 3.05) is 7.11 Å². The van der Waals surface area contributed by atoms with E-state index < -0.39 is 6.03 Å². The molecule has 3 rings (SSSR count). The smallest absolute Gasteiger partial charge is 0.338 e. The van der Waals surface area contributed by atoms with E-state index in [0.29, 0.717) is 16.0 Å². The van der Waals surface area contributed by atoms with Gasteiger partial charge in [0, 0.05) is 18.3 Å². The molecule has 2 heterocycles. The number of ether oxygens (including phenoxy) is 1. The van der Waals surface area contributed by atoms with E-state index in [4.69, 9.17) is 4.74 Å². The molecule has 0 atom stereocenters. The molecule has 3 aromatic rings. The Labute approximate surface area is 130 Å². The second kappa shape index (κ2) is 5.98. The molecule has 2 aromatic heterocycles. The predicted molar refractivity (Wildman–Crippen MR) is 84.5 cm³/mol. The third-order valence-corrected chi connectivity index (χ3v) is 4.18. The number of rotatable bonds is 3.